The largest absolute Gasteiger partial charge is 0.481 e. The third-order valence-electron chi connectivity index (χ3n) is 3.19. The Bertz CT molecular complexity index is 182. The smallest absolute Gasteiger partial charge is 0.303 e. The summed E-state index contributed by atoms with van der Waals surface area (Å²) in [4.78, 5) is 10.2. The number of aliphatic carboxylic acids is 1. The van der Waals surface area contributed by atoms with Crippen LogP contribution in [-0.4, -0.2) is 24.2 Å². The Labute approximate surface area is 85.9 Å². The van der Waals surface area contributed by atoms with Gasteiger partial charge in [-0.3, -0.25) is 4.79 Å². The van der Waals surface area contributed by atoms with Gasteiger partial charge in [-0.15, -0.1) is 0 Å². The Hall–Kier alpha value is -0.570. The number of nitrogens with one attached hydrogen (secondary N) is 1. The summed E-state index contributed by atoms with van der Waals surface area (Å²) in [6, 6.07) is 0. The number of hydrogen-bond acceptors (Lipinski definition) is 2. The second-order valence-electron chi connectivity index (χ2n) is 4.37. The minimum Gasteiger partial charge on any atom is -0.481 e. The van der Waals surface area contributed by atoms with Crippen LogP contribution < -0.4 is 5.32 Å². The highest BCUT2D eigenvalue weighted by molar-refractivity contribution is 5.66. The molecule has 0 radical (unpaired) electrons. The van der Waals surface area contributed by atoms with Crippen molar-refractivity contribution in [1.82, 2.24) is 5.32 Å². The number of carbonyl (C=O) groups is 1. The number of rotatable bonds is 6. The Morgan fingerprint density at radius 1 is 1.50 bits per heavy atom. The maximum Gasteiger partial charge on any atom is 0.303 e. The molecule has 0 bridgehead atoms. The number of hydrogen-bond donors (Lipinski definition) is 2. The van der Waals surface area contributed by atoms with E-state index in [0.29, 0.717) is 0 Å². The van der Waals surface area contributed by atoms with Gasteiger partial charge in [-0.05, 0) is 37.8 Å². The molecule has 2 atom stereocenters. The molecule has 2 unspecified atom stereocenters. The van der Waals surface area contributed by atoms with Gasteiger partial charge in [-0.1, -0.05) is 19.8 Å². The lowest BCUT2D eigenvalue weighted by Gasteiger charge is -2.15. The van der Waals surface area contributed by atoms with Gasteiger partial charge in [0.1, 0.15) is 0 Å². The first-order valence-electron chi connectivity index (χ1n) is 5.62. The summed E-state index contributed by atoms with van der Waals surface area (Å²) in [5.41, 5.74) is 0. The molecule has 0 amide bonds. The van der Waals surface area contributed by atoms with E-state index in [2.05, 4.69) is 12.2 Å². The molecule has 0 aliphatic heterocycles. The van der Waals surface area contributed by atoms with Gasteiger partial charge in [0, 0.05) is 6.42 Å². The van der Waals surface area contributed by atoms with Crippen molar-refractivity contribution in [3.8, 4) is 0 Å². The van der Waals surface area contributed by atoms with Crippen LogP contribution >= 0.6 is 0 Å². The first-order valence-corrected chi connectivity index (χ1v) is 5.62. The summed E-state index contributed by atoms with van der Waals surface area (Å²) < 4.78 is 0. The fourth-order valence-electron chi connectivity index (χ4n) is 2.18. The first kappa shape index (κ1) is 11.5. The maximum atomic E-state index is 10.2. The predicted molar refractivity (Wildman–Crippen MR) is 56.2 cm³/mol. The average molecular weight is 199 g/mol. The van der Waals surface area contributed by atoms with Crippen molar-refractivity contribution in [1.29, 1.82) is 0 Å². The molecule has 0 spiro atoms. The van der Waals surface area contributed by atoms with Gasteiger partial charge >= 0.3 is 5.97 Å². The van der Waals surface area contributed by atoms with E-state index in [0.717, 1.165) is 31.3 Å². The van der Waals surface area contributed by atoms with E-state index in [1.165, 1.54) is 19.3 Å². The van der Waals surface area contributed by atoms with Crippen LogP contribution in [-0.2, 0) is 4.79 Å². The summed E-state index contributed by atoms with van der Waals surface area (Å²) in [6.45, 7) is 4.23. The van der Waals surface area contributed by atoms with Gasteiger partial charge in [0.2, 0.25) is 0 Å². The zero-order valence-corrected chi connectivity index (χ0v) is 8.96. The Kier molecular flexibility index (Phi) is 4.94. The van der Waals surface area contributed by atoms with Crippen LogP contribution in [0, 0.1) is 11.8 Å². The van der Waals surface area contributed by atoms with Gasteiger partial charge in [-0.25, -0.2) is 0 Å². The lowest BCUT2D eigenvalue weighted by molar-refractivity contribution is -0.137. The van der Waals surface area contributed by atoms with E-state index >= 15 is 0 Å². The lowest BCUT2D eigenvalue weighted by atomic mass is 9.98. The van der Waals surface area contributed by atoms with Gasteiger partial charge in [0.25, 0.3) is 0 Å². The zero-order chi connectivity index (χ0) is 10.4. The molecule has 1 rings (SSSR count). The molecule has 1 saturated carbocycles. The quantitative estimate of drug-likeness (QED) is 0.642. The summed E-state index contributed by atoms with van der Waals surface area (Å²) in [5.74, 6) is 0.975. The van der Waals surface area contributed by atoms with Gasteiger partial charge < -0.3 is 10.4 Å². The van der Waals surface area contributed by atoms with Crippen molar-refractivity contribution in [2.75, 3.05) is 13.1 Å². The van der Waals surface area contributed by atoms with E-state index in [-0.39, 0.29) is 6.42 Å². The number of carboxylic acid groups (broad SMARTS) is 1. The van der Waals surface area contributed by atoms with Crippen molar-refractivity contribution < 1.29 is 9.90 Å². The van der Waals surface area contributed by atoms with E-state index in [4.69, 9.17) is 5.11 Å². The Balaban J connectivity index is 1.95. The summed E-state index contributed by atoms with van der Waals surface area (Å²) >= 11 is 0. The SMILES string of the molecule is CC1CCCC1CNCCCC(=O)O. The van der Waals surface area contributed by atoms with Gasteiger partial charge in [-0.2, -0.15) is 0 Å². The monoisotopic (exact) mass is 199 g/mol. The topological polar surface area (TPSA) is 49.3 Å². The molecule has 0 aromatic carbocycles. The molecule has 0 heterocycles. The highest BCUT2D eigenvalue weighted by atomic mass is 16.4. The molecule has 0 aromatic heterocycles. The molecule has 3 heteroatoms. The minimum atomic E-state index is -0.693. The van der Waals surface area contributed by atoms with E-state index in [1.807, 2.05) is 0 Å². The van der Waals surface area contributed by atoms with Crippen molar-refractivity contribution in [3.05, 3.63) is 0 Å². The third kappa shape index (κ3) is 4.09. The lowest BCUT2D eigenvalue weighted by Crippen LogP contribution is -2.25. The standard InChI is InChI=1S/C11H21NO2/c1-9-4-2-5-10(9)8-12-7-3-6-11(13)14/h9-10,12H,2-8H2,1H3,(H,13,14). The van der Waals surface area contributed by atoms with Crippen molar-refractivity contribution >= 4 is 5.97 Å². The summed E-state index contributed by atoms with van der Waals surface area (Å²) in [6.07, 6.45) is 5.10. The van der Waals surface area contributed by atoms with Crippen LogP contribution in [0.25, 0.3) is 0 Å². The molecular formula is C11H21NO2. The first-order chi connectivity index (χ1) is 6.70. The summed E-state index contributed by atoms with van der Waals surface area (Å²) in [7, 11) is 0. The molecule has 1 aliphatic carbocycles. The second kappa shape index (κ2) is 6.02. The molecule has 3 nitrogen and oxygen atoms in total. The molecule has 1 fully saturated rings. The van der Waals surface area contributed by atoms with Crippen LogP contribution in [0.5, 0.6) is 0 Å². The summed E-state index contributed by atoms with van der Waals surface area (Å²) in [5, 5.41) is 11.8. The van der Waals surface area contributed by atoms with Crippen LogP contribution in [0.2, 0.25) is 0 Å². The molecule has 82 valence electrons. The molecule has 2 N–H and O–H groups in total. The van der Waals surface area contributed by atoms with E-state index in [9.17, 15) is 4.79 Å². The highest BCUT2D eigenvalue weighted by Crippen LogP contribution is 2.30. The highest BCUT2D eigenvalue weighted by Gasteiger charge is 2.22. The van der Waals surface area contributed by atoms with Crippen LogP contribution in [0.15, 0.2) is 0 Å². The Morgan fingerprint density at radius 3 is 2.86 bits per heavy atom. The zero-order valence-electron chi connectivity index (χ0n) is 8.96. The normalized spacial score (nSPS) is 26.6. The van der Waals surface area contributed by atoms with Crippen LogP contribution in [0.1, 0.15) is 39.0 Å². The van der Waals surface area contributed by atoms with Crippen molar-refractivity contribution in [2.24, 2.45) is 11.8 Å². The fraction of sp³-hybridized carbons (Fsp3) is 0.909. The van der Waals surface area contributed by atoms with Crippen molar-refractivity contribution in [3.63, 3.8) is 0 Å². The molecule has 14 heavy (non-hydrogen) atoms. The molecule has 0 aromatic rings. The predicted octanol–water partition coefficient (Wildman–Crippen LogP) is 1.88. The minimum absolute atomic E-state index is 0.285. The number of carboxylic acids is 1. The fourth-order valence-corrected chi connectivity index (χ4v) is 2.18. The van der Waals surface area contributed by atoms with Crippen LogP contribution in [0.3, 0.4) is 0 Å². The van der Waals surface area contributed by atoms with Gasteiger partial charge in [0.05, 0.1) is 0 Å². The van der Waals surface area contributed by atoms with E-state index in [1.54, 1.807) is 0 Å². The second-order valence-corrected chi connectivity index (χ2v) is 4.37. The Morgan fingerprint density at radius 2 is 2.29 bits per heavy atom. The van der Waals surface area contributed by atoms with Crippen LogP contribution in [0.4, 0.5) is 0 Å². The third-order valence-corrected chi connectivity index (χ3v) is 3.19. The average Bonchev–Trinajstić information content (AvgIpc) is 2.51. The van der Waals surface area contributed by atoms with Gasteiger partial charge in [0.15, 0.2) is 0 Å². The van der Waals surface area contributed by atoms with E-state index < -0.39 is 5.97 Å². The molecule has 0 saturated heterocycles. The van der Waals surface area contributed by atoms with Crippen molar-refractivity contribution in [2.45, 2.75) is 39.0 Å². The maximum absolute atomic E-state index is 10.2. The molecular weight excluding hydrogens is 178 g/mol. The molecule has 1 aliphatic rings.